The average molecular weight is 195 g/mol. The molecule has 0 fully saturated rings. The summed E-state index contributed by atoms with van der Waals surface area (Å²) in [5.74, 6) is 0.576. The predicted octanol–water partition coefficient (Wildman–Crippen LogP) is 1.35. The molecule has 0 aromatic heterocycles. The van der Waals surface area contributed by atoms with Crippen LogP contribution in [0.2, 0.25) is 0 Å². The first kappa shape index (κ1) is 12.4. The molecule has 1 aromatic rings. The lowest BCUT2D eigenvalue weighted by molar-refractivity contribution is 0.399. The second kappa shape index (κ2) is 6.91. The molecule has 0 heterocycles. The molecule has 4 nitrogen and oxygen atoms in total. The van der Waals surface area contributed by atoms with Crippen LogP contribution in [0.15, 0.2) is 29.3 Å². The van der Waals surface area contributed by atoms with Crippen LogP contribution in [0, 0.1) is 0 Å². The number of nitrogens with zero attached hydrogens (tertiary/aromatic N) is 1. The summed E-state index contributed by atoms with van der Waals surface area (Å²) in [4.78, 5) is 4.10. The maximum atomic E-state index is 7.00. The van der Waals surface area contributed by atoms with Crippen LogP contribution < -0.4 is 11.1 Å². The average Bonchev–Trinajstić information content (AvgIpc) is 2.21. The summed E-state index contributed by atoms with van der Waals surface area (Å²) in [5, 5.41) is 10.0. The third-order valence-corrected chi connectivity index (χ3v) is 1.46. The summed E-state index contributed by atoms with van der Waals surface area (Å²) in [6.45, 7) is 1.77. The number of aliphatic imine (C=N–C) groups is 1. The summed E-state index contributed by atoms with van der Waals surface area (Å²) < 4.78 is 0. The van der Waals surface area contributed by atoms with E-state index < -0.39 is 0 Å². The standard InChI is InChI=1S/C9H13N3.CH4O/c1-7(10)12-9-5-3-8(11-2)4-6-9;1-2/h3-6,11H,1-2H3,(H2,10,12);2H,1H3. The number of rotatable bonds is 2. The Morgan fingerprint density at radius 1 is 1.29 bits per heavy atom. The molecular formula is C10H17N3O. The predicted molar refractivity (Wildman–Crippen MR) is 61.1 cm³/mol. The molecule has 0 spiro atoms. The fraction of sp³-hybridized carbons (Fsp3) is 0.300. The molecule has 0 aliphatic rings. The molecule has 0 atom stereocenters. The minimum absolute atomic E-state index is 0.576. The Labute approximate surface area is 84.5 Å². The molecule has 0 aliphatic carbocycles. The lowest BCUT2D eigenvalue weighted by Gasteiger charge is -1.99. The number of nitrogens with two attached hydrogens (primary N) is 1. The fourth-order valence-corrected chi connectivity index (χ4v) is 0.906. The molecule has 1 aromatic carbocycles. The molecule has 0 unspecified atom stereocenters. The van der Waals surface area contributed by atoms with E-state index >= 15 is 0 Å². The lowest BCUT2D eigenvalue weighted by Crippen LogP contribution is -2.03. The summed E-state index contributed by atoms with van der Waals surface area (Å²) >= 11 is 0. The van der Waals surface area contributed by atoms with Crippen molar-refractivity contribution in [2.24, 2.45) is 10.7 Å². The second-order valence-corrected chi connectivity index (χ2v) is 2.55. The molecule has 0 saturated heterocycles. The van der Waals surface area contributed by atoms with Crippen LogP contribution in [0.4, 0.5) is 11.4 Å². The maximum Gasteiger partial charge on any atom is 0.0964 e. The topological polar surface area (TPSA) is 70.6 Å². The Kier molecular flexibility index (Phi) is 6.15. The van der Waals surface area contributed by atoms with Gasteiger partial charge in [0.2, 0.25) is 0 Å². The zero-order valence-corrected chi connectivity index (χ0v) is 8.78. The Morgan fingerprint density at radius 3 is 2.14 bits per heavy atom. The molecule has 4 N–H and O–H groups in total. The highest BCUT2D eigenvalue weighted by Gasteiger charge is 1.89. The molecule has 0 bridgehead atoms. The van der Waals surface area contributed by atoms with Crippen LogP contribution in [-0.2, 0) is 0 Å². The summed E-state index contributed by atoms with van der Waals surface area (Å²) in [5.41, 5.74) is 7.39. The van der Waals surface area contributed by atoms with E-state index in [4.69, 9.17) is 10.8 Å². The third kappa shape index (κ3) is 4.47. The Morgan fingerprint density at radius 2 is 1.79 bits per heavy atom. The number of anilines is 1. The Bertz CT molecular complexity index is 276. The Balaban J connectivity index is 0.000000791. The van der Waals surface area contributed by atoms with Gasteiger partial charge < -0.3 is 16.2 Å². The number of benzene rings is 1. The van der Waals surface area contributed by atoms with Gasteiger partial charge in [0, 0.05) is 19.8 Å². The quantitative estimate of drug-likeness (QED) is 0.492. The molecular weight excluding hydrogens is 178 g/mol. The van der Waals surface area contributed by atoms with E-state index in [1.54, 1.807) is 6.92 Å². The van der Waals surface area contributed by atoms with Gasteiger partial charge in [-0.2, -0.15) is 0 Å². The molecule has 0 saturated carbocycles. The van der Waals surface area contributed by atoms with Crippen molar-refractivity contribution in [1.29, 1.82) is 0 Å². The first-order valence-corrected chi connectivity index (χ1v) is 4.25. The van der Waals surface area contributed by atoms with Crippen molar-refractivity contribution in [2.45, 2.75) is 6.92 Å². The molecule has 78 valence electrons. The van der Waals surface area contributed by atoms with Gasteiger partial charge in [0.1, 0.15) is 0 Å². The highest BCUT2D eigenvalue weighted by atomic mass is 16.2. The number of aliphatic hydroxyl groups is 1. The smallest absolute Gasteiger partial charge is 0.0964 e. The normalized spacial score (nSPS) is 10.1. The minimum Gasteiger partial charge on any atom is -0.400 e. The first-order valence-electron chi connectivity index (χ1n) is 4.25. The Hall–Kier alpha value is -1.55. The van der Waals surface area contributed by atoms with Crippen molar-refractivity contribution in [3.63, 3.8) is 0 Å². The van der Waals surface area contributed by atoms with Gasteiger partial charge in [-0.1, -0.05) is 0 Å². The van der Waals surface area contributed by atoms with Crippen molar-refractivity contribution in [3.05, 3.63) is 24.3 Å². The first-order chi connectivity index (χ1) is 6.72. The van der Waals surface area contributed by atoms with Crippen LogP contribution in [0.25, 0.3) is 0 Å². The van der Waals surface area contributed by atoms with Crippen molar-refractivity contribution in [2.75, 3.05) is 19.5 Å². The highest BCUT2D eigenvalue weighted by molar-refractivity contribution is 5.80. The van der Waals surface area contributed by atoms with Gasteiger partial charge in [-0.05, 0) is 31.2 Å². The van der Waals surface area contributed by atoms with Crippen LogP contribution in [0.3, 0.4) is 0 Å². The zero-order chi connectivity index (χ0) is 11.0. The van der Waals surface area contributed by atoms with Gasteiger partial charge in [0.05, 0.1) is 11.5 Å². The number of hydrogen-bond acceptors (Lipinski definition) is 3. The van der Waals surface area contributed by atoms with E-state index in [1.807, 2.05) is 31.3 Å². The number of aliphatic hydroxyl groups excluding tert-OH is 1. The number of nitrogens with one attached hydrogen (secondary N) is 1. The molecule has 14 heavy (non-hydrogen) atoms. The SMILES string of the molecule is CNc1ccc(N=C(C)N)cc1.CO. The van der Waals surface area contributed by atoms with Crippen LogP contribution in [-0.4, -0.2) is 25.1 Å². The zero-order valence-electron chi connectivity index (χ0n) is 8.78. The molecule has 4 heteroatoms. The fourth-order valence-electron chi connectivity index (χ4n) is 0.906. The van der Waals surface area contributed by atoms with E-state index in [-0.39, 0.29) is 0 Å². The molecule has 0 amide bonds. The van der Waals surface area contributed by atoms with Crippen molar-refractivity contribution in [1.82, 2.24) is 0 Å². The van der Waals surface area contributed by atoms with Gasteiger partial charge in [0.15, 0.2) is 0 Å². The van der Waals surface area contributed by atoms with Gasteiger partial charge in [-0.15, -0.1) is 0 Å². The third-order valence-electron chi connectivity index (χ3n) is 1.46. The monoisotopic (exact) mass is 195 g/mol. The van der Waals surface area contributed by atoms with E-state index in [9.17, 15) is 0 Å². The van der Waals surface area contributed by atoms with E-state index in [2.05, 4.69) is 10.3 Å². The summed E-state index contributed by atoms with van der Waals surface area (Å²) in [6, 6.07) is 7.76. The molecule has 0 radical (unpaired) electrons. The maximum absolute atomic E-state index is 7.00. The second-order valence-electron chi connectivity index (χ2n) is 2.55. The lowest BCUT2D eigenvalue weighted by atomic mass is 10.3. The summed E-state index contributed by atoms with van der Waals surface area (Å²) in [7, 11) is 2.88. The van der Waals surface area contributed by atoms with E-state index in [1.165, 1.54) is 0 Å². The number of hydrogen-bond donors (Lipinski definition) is 3. The van der Waals surface area contributed by atoms with E-state index in [0.29, 0.717) is 5.84 Å². The molecule has 0 aliphatic heterocycles. The van der Waals surface area contributed by atoms with Crippen molar-refractivity contribution in [3.8, 4) is 0 Å². The van der Waals surface area contributed by atoms with Crippen LogP contribution >= 0.6 is 0 Å². The van der Waals surface area contributed by atoms with Gasteiger partial charge in [-0.25, -0.2) is 4.99 Å². The van der Waals surface area contributed by atoms with Crippen LogP contribution in [0.5, 0.6) is 0 Å². The van der Waals surface area contributed by atoms with Crippen molar-refractivity contribution >= 4 is 17.2 Å². The molecule has 1 rings (SSSR count). The number of amidine groups is 1. The van der Waals surface area contributed by atoms with Crippen molar-refractivity contribution < 1.29 is 5.11 Å². The van der Waals surface area contributed by atoms with Crippen LogP contribution in [0.1, 0.15) is 6.92 Å². The largest absolute Gasteiger partial charge is 0.400 e. The van der Waals surface area contributed by atoms with E-state index in [0.717, 1.165) is 18.5 Å². The van der Waals surface area contributed by atoms with Gasteiger partial charge in [0.25, 0.3) is 0 Å². The minimum atomic E-state index is 0.576. The van der Waals surface area contributed by atoms with Gasteiger partial charge >= 0.3 is 0 Å². The highest BCUT2D eigenvalue weighted by Crippen LogP contribution is 2.15. The summed E-state index contributed by atoms with van der Waals surface area (Å²) in [6.07, 6.45) is 0. The van der Waals surface area contributed by atoms with Gasteiger partial charge in [-0.3, -0.25) is 0 Å².